The largest absolute Gasteiger partial charge is 0.378 e. The molecular formula is C13H20N4O2. The van der Waals surface area contributed by atoms with Crippen LogP contribution in [0.1, 0.15) is 10.5 Å². The predicted molar refractivity (Wildman–Crippen MR) is 73.3 cm³/mol. The van der Waals surface area contributed by atoms with Crippen molar-refractivity contribution in [2.24, 2.45) is 0 Å². The second kappa shape index (κ2) is 5.99. The van der Waals surface area contributed by atoms with E-state index in [9.17, 15) is 4.79 Å². The Labute approximate surface area is 113 Å². The number of rotatable bonds is 4. The maximum atomic E-state index is 11.9. The van der Waals surface area contributed by atoms with Gasteiger partial charge in [0, 0.05) is 46.2 Å². The van der Waals surface area contributed by atoms with Crippen molar-refractivity contribution in [3.63, 3.8) is 0 Å². The number of aromatic nitrogens is 1. The quantitative estimate of drug-likeness (QED) is 0.812. The van der Waals surface area contributed by atoms with Crippen LogP contribution in [0.4, 0.5) is 5.69 Å². The van der Waals surface area contributed by atoms with Gasteiger partial charge in [-0.05, 0) is 12.1 Å². The Bertz CT molecular complexity index is 450. The van der Waals surface area contributed by atoms with Crippen LogP contribution in [0.2, 0.25) is 0 Å². The summed E-state index contributed by atoms with van der Waals surface area (Å²) in [5.74, 6) is -0.100. The third-order valence-corrected chi connectivity index (χ3v) is 3.20. The van der Waals surface area contributed by atoms with E-state index in [0.717, 1.165) is 18.8 Å². The summed E-state index contributed by atoms with van der Waals surface area (Å²) in [5.41, 5.74) is 1.32. The number of amides is 1. The molecule has 19 heavy (non-hydrogen) atoms. The van der Waals surface area contributed by atoms with Crippen molar-refractivity contribution in [2.75, 3.05) is 39.6 Å². The van der Waals surface area contributed by atoms with Crippen LogP contribution >= 0.6 is 0 Å². The monoisotopic (exact) mass is 264 g/mol. The number of nitrogens with one attached hydrogen (secondary N) is 2. The molecular weight excluding hydrogens is 244 g/mol. The van der Waals surface area contributed by atoms with Crippen LogP contribution in [0, 0.1) is 0 Å². The van der Waals surface area contributed by atoms with Crippen molar-refractivity contribution in [1.82, 2.24) is 15.2 Å². The molecule has 0 bridgehead atoms. The van der Waals surface area contributed by atoms with Gasteiger partial charge in [-0.3, -0.25) is 9.78 Å². The molecule has 1 saturated heterocycles. The highest BCUT2D eigenvalue weighted by molar-refractivity contribution is 5.92. The molecule has 0 saturated carbocycles. The molecule has 1 aromatic rings. The SMILES string of the molecule is CO[C@H]1CNCC1Nc1ccnc(C(=O)N(C)C)c1. The van der Waals surface area contributed by atoms with E-state index in [1.807, 2.05) is 6.07 Å². The summed E-state index contributed by atoms with van der Waals surface area (Å²) >= 11 is 0. The molecule has 0 aromatic carbocycles. The first kappa shape index (κ1) is 13.8. The molecule has 1 aliphatic rings. The standard InChI is InChI=1S/C13H20N4O2/c1-17(2)13(18)10-6-9(4-5-15-10)16-11-7-14-8-12(11)19-3/h4-6,11-12,14H,7-8H2,1-3H3,(H,15,16)/t11?,12-/m0/s1. The Morgan fingerprint density at radius 2 is 2.32 bits per heavy atom. The lowest BCUT2D eigenvalue weighted by Crippen LogP contribution is -2.33. The first-order chi connectivity index (χ1) is 9.11. The van der Waals surface area contributed by atoms with E-state index in [1.165, 1.54) is 4.90 Å². The van der Waals surface area contributed by atoms with Crippen molar-refractivity contribution < 1.29 is 9.53 Å². The number of pyridine rings is 1. The molecule has 6 nitrogen and oxygen atoms in total. The summed E-state index contributed by atoms with van der Waals surface area (Å²) in [7, 11) is 5.14. The first-order valence-corrected chi connectivity index (χ1v) is 6.29. The summed E-state index contributed by atoms with van der Waals surface area (Å²) in [6.45, 7) is 1.68. The molecule has 1 amide bonds. The van der Waals surface area contributed by atoms with Gasteiger partial charge in [0.15, 0.2) is 0 Å². The van der Waals surface area contributed by atoms with E-state index < -0.39 is 0 Å². The van der Waals surface area contributed by atoms with Crippen molar-refractivity contribution >= 4 is 11.6 Å². The minimum atomic E-state index is -0.100. The van der Waals surface area contributed by atoms with Crippen LogP contribution in [0.15, 0.2) is 18.3 Å². The van der Waals surface area contributed by atoms with E-state index in [4.69, 9.17) is 4.74 Å². The Hall–Kier alpha value is -1.66. The van der Waals surface area contributed by atoms with Gasteiger partial charge in [-0.15, -0.1) is 0 Å². The predicted octanol–water partition coefficient (Wildman–Crippen LogP) is 0.182. The number of carbonyl (C=O) groups is 1. The average Bonchev–Trinajstić information content (AvgIpc) is 2.85. The summed E-state index contributed by atoms with van der Waals surface area (Å²) in [6, 6.07) is 3.83. The number of anilines is 1. The van der Waals surface area contributed by atoms with Gasteiger partial charge in [-0.2, -0.15) is 0 Å². The van der Waals surface area contributed by atoms with Gasteiger partial charge in [-0.1, -0.05) is 0 Å². The van der Waals surface area contributed by atoms with Crippen LogP contribution in [-0.4, -0.2) is 62.2 Å². The lowest BCUT2D eigenvalue weighted by atomic mass is 10.2. The number of carbonyl (C=O) groups excluding carboxylic acids is 1. The van der Waals surface area contributed by atoms with Crippen LogP contribution in [-0.2, 0) is 4.74 Å². The molecule has 0 aliphatic carbocycles. The van der Waals surface area contributed by atoms with E-state index in [1.54, 1.807) is 33.5 Å². The Morgan fingerprint density at radius 1 is 1.53 bits per heavy atom. The lowest BCUT2D eigenvalue weighted by Gasteiger charge is -2.20. The maximum absolute atomic E-state index is 11.9. The zero-order chi connectivity index (χ0) is 13.8. The second-order valence-electron chi connectivity index (χ2n) is 4.81. The number of ether oxygens (including phenoxy) is 1. The van der Waals surface area contributed by atoms with Gasteiger partial charge in [0.05, 0.1) is 12.1 Å². The minimum absolute atomic E-state index is 0.100. The van der Waals surface area contributed by atoms with Gasteiger partial charge in [-0.25, -0.2) is 0 Å². The van der Waals surface area contributed by atoms with Crippen LogP contribution < -0.4 is 10.6 Å². The molecule has 1 fully saturated rings. The zero-order valence-corrected chi connectivity index (χ0v) is 11.5. The van der Waals surface area contributed by atoms with E-state index >= 15 is 0 Å². The highest BCUT2D eigenvalue weighted by Crippen LogP contribution is 2.14. The Balaban J connectivity index is 2.09. The molecule has 2 atom stereocenters. The van der Waals surface area contributed by atoms with Crippen molar-refractivity contribution in [2.45, 2.75) is 12.1 Å². The lowest BCUT2D eigenvalue weighted by molar-refractivity contribution is 0.0822. The van der Waals surface area contributed by atoms with Crippen molar-refractivity contribution in [3.8, 4) is 0 Å². The normalized spacial score (nSPS) is 22.3. The molecule has 1 aliphatic heterocycles. The van der Waals surface area contributed by atoms with Crippen molar-refractivity contribution in [1.29, 1.82) is 0 Å². The Kier molecular flexibility index (Phi) is 4.34. The van der Waals surface area contributed by atoms with Crippen LogP contribution in [0.25, 0.3) is 0 Å². The molecule has 0 radical (unpaired) electrons. The molecule has 104 valence electrons. The van der Waals surface area contributed by atoms with Crippen LogP contribution in [0.3, 0.4) is 0 Å². The highest BCUT2D eigenvalue weighted by Gasteiger charge is 2.26. The van der Waals surface area contributed by atoms with Gasteiger partial charge in [0.25, 0.3) is 5.91 Å². The third kappa shape index (κ3) is 3.21. The van der Waals surface area contributed by atoms with Gasteiger partial charge in [0.2, 0.25) is 0 Å². The molecule has 1 unspecified atom stereocenters. The van der Waals surface area contributed by atoms with E-state index in [2.05, 4.69) is 15.6 Å². The molecule has 2 N–H and O–H groups in total. The zero-order valence-electron chi connectivity index (χ0n) is 11.5. The third-order valence-electron chi connectivity index (χ3n) is 3.20. The first-order valence-electron chi connectivity index (χ1n) is 6.29. The maximum Gasteiger partial charge on any atom is 0.272 e. The number of nitrogens with zero attached hydrogens (tertiary/aromatic N) is 2. The number of hydrogen-bond donors (Lipinski definition) is 2. The fourth-order valence-corrected chi connectivity index (χ4v) is 2.13. The fraction of sp³-hybridized carbons (Fsp3) is 0.538. The van der Waals surface area contributed by atoms with E-state index in [0.29, 0.717) is 5.69 Å². The highest BCUT2D eigenvalue weighted by atomic mass is 16.5. The van der Waals surface area contributed by atoms with E-state index in [-0.39, 0.29) is 18.1 Å². The number of hydrogen-bond acceptors (Lipinski definition) is 5. The summed E-state index contributed by atoms with van der Waals surface area (Å²) < 4.78 is 5.40. The molecule has 0 spiro atoms. The van der Waals surface area contributed by atoms with Gasteiger partial charge < -0.3 is 20.3 Å². The van der Waals surface area contributed by atoms with Crippen molar-refractivity contribution in [3.05, 3.63) is 24.0 Å². The Morgan fingerprint density at radius 3 is 3.00 bits per heavy atom. The molecule has 2 rings (SSSR count). The van der Waals surface area contributed by atoms with Gasteiger partial charge in [0.1, 0.15) is 5.69 Å². The summed E-state index contributed by atoms with van der Waals surface area (Å²) in [5, 5.41) is 6.65. The summed E-state index contributed by atoms with van der Waals surface area (Å²) in [6.07, 6.45) is 1.78. The average molecular weight is 264 g/mol. The fourth-order valence-electron chi connectivity index (χ4n) is 2.13. The second-order valence-corrected chi connectivity index (χ2v) is 4.81. The summed E-state index contributed by atoms with van der Waals surface area (Å²) in [4.78, 5) is 17.5. The minimum Gasteiger partial charge on any atom is -0.378 e. The van der Waals surface area contributed by atoms with Crippen LogP contribution in [0.5, 0.6) is 0 Å². The number of methoxy groups -OCH3 is 1. The molecule has 2 heterocycles. The topological polar surface area (TPSA) is 66.5 Å². The molecule has 6 heteroatoms. The molecule has 1 aromatic heterocycles. The smallest absolute Gasteiger partial charge is 0.272 e. The van der Waals surface area contributed by atoms with Gasteiger partial charge >= 0.3 is 0 Å².